The van der Waals surface area contributed by atoms with Gasteiger partial charge in [0.15, 0.2) is 0 Å². The van der Waals surface area contributed by atoms with E-state index in [0.29, 0.717) is 0 Å². The minimum absolute atomic E-state index is 0.0714. The molecule has 0 saturated carbocycles. The summed E-state index contributed by atoms with van der Waals surface area (Å²) in [5.41, 5.74) is 4.76. The van der Waals surface area contributed by atoms with E-state index in [1.54, 1.807) is 13.4 Å². The number of rotatable bonds is 4. The molecule has 0 saturated heterocycles. The van der Waals surface area contributed by atoms with Crippen LogP contribution in [0.4, 0.5) is 5.69 Å². The molecule has 3 aromatic rings. The molecule has 0 aliphatic rings. The fraction of sp³-hybridized carbons (Fsp3) is 0.211. The van der Waals surface area contributed by atoms with Crippen molar-refractivity contribution in [1.29, 1.82) is 0 Å². The zero-order valence-electron chi connectivity index (χ0n) is 13.5. The number of aryl methyl sites for hydroxylation is 2. The van der Waals surface area contributed by atoms with Gasteiger partial charge >= 0.3 is 0 Å². The Labute approximate surface area is 135 Å². The maximum atomic E-state index is 12.3. The molecule has 1 heterocycles. The van der Waals surface area contributed by atoms with Crippen LogP contribution in [0.3, 0.4) is 0 Å². The minimum atomic E-state index is -0.0714. The molecule has 0 fully saturated rings. The highest BCUT2D eigenvalue weighted by molar-refractivity contribution is 5.96. The van der Waals surface area contributed by atoms with Crippen molar-refractivity contribution in [3.63, 3.8) is 0 Å². The highest BCUT2D eigenvalue weighted by atomic mass is 16.5. The van der Waals surface area contributed by atoms with Crippen molar-refractivity contribution in [2.24, 2.45) is 0 Å². The van der Waals surface area contributed by atoms with Crippen LogP contribution in [-0.4, -0.2) is 13.0 Å². The third-order valence-electron chi connectivity index (χ3n) is 3.82. The van der Waals surface area contributed by atoms with Crippen molar-refractivity contribution in [2.75, 3.05) is 12.4 Å². The highest BCUT2D eigenvalue weighted by Gasteiger charge is 2.13. The Morgan fingerprint density at radius 2 is 1.91 bits per heavy atom. The van der Waals surface area contributed by atoms with Gasteiger partial charge in [-0.3, -0.25) is 4.79 Å². The fourth-order valence-electron chi connectivity index (χ4n) is 2.81. The number of fused-ring (bicyclic) bond motifs is 1. The molecule has 118 valence electrons. The fourth-order valence-corrected chi connectivity index (χ4v) is 2.81. The van der Waals surface area contributed by atoms with Gasteiger partial charge in [-0.2, -0.15) is 0 Å². The molecule has 0 unspecified atom stereocenters. The number of carbonyl (C=O) groups is 1. The smallest absolute Gasteiger partial charge is 0.228 e. The van der Waals surface area contributed by atoms with Gasteiger partial charge in [0, 0.05) is 16.6 Å². The number of carbonyl (C=O) groups excluding carboxylic acids is 1. The molecule has 0 atom stereocenters. The van der Waals surface area contributed by atoms with E-state index in [4.69, 9.17) is 9.15 Å². The largest absolute Gasteiger partial charge is 0.497 e. The predicted octanol–water partition coefficient (Wildman–Crippen LogP) is 4.24. The van der Waals surface area contributed by atoms with Crippen LogP contribution in [0, 0.1) is 13.8 Å². The van der Waals surface area contributed by atoms with Crippen LogP contribution in [0.25, 0.3) is 11.0 Å². The summed E-state index contributed by atoms with van der Waals surface area (Å²) in [6, 6.07) is 11.4. The first kappa shape index (κ1) is 15.2. The quantitative estimate of drug-likeness (QED) is 0.784. The second-order valence-electron chi connectivity index (χ2n) is 5.67. The number of hydrogen-bond acceptors (Lipinski definition) is 3. The number of amides is 1. The van der Waals surface area contributed by atoms with E-state index in [-0.39, 0.29) is 12.3 Å². The molecule has 4 nitrogen and oxygen atoms in total. The van der Waals surface area contributed by atoms with Gasteiger partial charge in [-0.05, 0) is 55.3 Å². The van der Waals surface area contributed by atoms with Crippen molar-refractivity contribution in [3.05, 3.63) is 59.4 Å². The molecule has 1 amide bonds. The Bertz CT molecular complexity index is 847. The van der Waals surface area contributed by atoms with E-state index in [9.17, 15) is 4.79 Å². The lowest BCUT2D eigenvalue weighted by Gasteiger charge is -2.06. The van der Waals surface area contributed by atoms with Crippen molar-refractivity contribution >= 4 is 22.6 Å². The second kappa shape index (κ2) is 6.16. The molecular weight excluding hydrogens is 290 g/mol. The summed E-state index contributed by atoms with van der Waals surface area (Å²) >= 11 is 0. The topological polar surface area (TPSA) is 51.5 Å². The lowest BCUT2D eigenvalue weighted by Crippen LogP contribution is -2.14. The van der Waals surface area contributed by atoms with Crippen LogP contribution in [0.2, 0.25) is 0 Å². The second-order valence-corrected chi connectivity index (χ2v) is 5.67. The van der Waals surface area contributed by atoms with Crippen LogP contribution in [0.1, 0.15) is 16.7 Å². The Morgan fingerprint density at radius 1 is 1.17 bits per heavy atom. The Hall–Kier alpha value is -2.75. The van der Waals surface area contributed by atoms with Gasteiger partial charge in [0.2, 0.25) is 5.91 Å². The van der Waals surface area contributed by atoms with E-state index in [1.807, 2.05) is 44.2 Å². The maximum Gasteiger partial charge on any atom is 0.228 e. The van der Waals surface area contributed by atoms with Gasteiger partial charge in [-0.25, -0.2) is 0 Å². The molecule has 2 aromatic carbocycles. The summed E-state index contributed by atoms with van der Waals surface area (Å²) in [6.07, 6.45) is 1.95. The van der Waals surface area contributed by atoms with Gasteiger partial charge in [-0.15, -0.1) is 0 Å². The number of ether oxygens (including phenoxy) is 1. The number of methoxy groups -OCH3 is 1. The van der Waals surface area contributed by atoms with Crippen molar-refractivity contribution in [2.45, 2.75) is 20.3 Å². The monoisotopic (exact) mass is 309 g/mol. The standard InChI is InChI=1S/C19H19NO3/c1-12-8-13(2)19-14(11-23-17(19)9-12)10-18(21)20-15-4-6-16(22-3)7-5-15/h4-9,11H,10H2,1-3H3,(H,20,21). The molecule has 0 bridgehead atoms. The molecule has 0 radical (unpaired) electrons. The number of furan rings is 1. The first-order chi connectivity index (χ1) is 11.1. The molecule has 0 aliphatic carbocycles. The lowest BCUT2D eigenvalue weighted by atomic mass is 10.0. The van der Waals surface area contributed by atoms with Gasteiger partial charge < -0.3 is 14.5 Å². The molecule has 23 heavy (non-hydrogen) atoms. The molecule has 1 aromatic heterocycles. The molecule has 0 aliphatic heterocycles. The van der Waals surface area contributed by atoms with Crippen molar-refractivity contribution < 1.29 is 13.9 Å². The van der Waals surface area contributed by atoms with Crippen LogP contribution in [-0.2, 0) is 11.2 Å². The van der Waals surface area contributed by atoms with Gasteiger partial charge in [0.1, 0.15) is 11.3 Å². The molecule has 1 N–H and O–H groups in total. The van der Waals surface area contributed by atoms with E-state index >= 15 is 0 Å². The van der Waals surface area contributed by atoms with E-state index in [0.717, 1.165) is 39.1 Å². The third-order valence-corrected chi connectivity index (χ3v) is 3.82. The Morgan fingerprint density at radius 3 is 2.61 bits per heavy atom. The van der Waals surface area contributed by atoms with Gasteiger partial charge in [0.25, 0.3) is 0 Å². The summed E-state index contributed by atoms with van der Waals surface area (Å²) in [6.45, 7) is 4.07. The van der Waals surface area contributed by atoms with E-state index in [1.165, 1.54) is 0 Å². The van der Waals surface area contributed by atoms with Gasteiger partial charge in [0.05, 0.1) is 19.8 Å². The summed E-state index contributed by atoms with van der Waals surface area (Å²) in [4.78, 5) is 12.3. The zero-order chi connectivity index (χ0) is 16.4. The first-order valence-electron chi connectivity index (χ1n) is 7.48. The van der Waals surface area contributed by atoms with Crippen LogP contribution in [0.15, 0.2) is 47.1 Å². The first-order valence-corrected chi connectivity index (χ1v) is 7.48. The Kier molecular flexibility index (Phi) is 4.06. The maximum absolute atomic E-state index is 12.3. The van der Waals surface area contributed by atoms with Crippen molar-refractivity contribution in [1.82, 2.24) is 0 Å². The highest BCUT2D eigenvalue weighted by Crippen LogP contribution is 2.27. The number of hydrogen-bond donors (Lipinski definition) is 1. The average molecular weight is 309 g/mol. The molecule has 0 spiro atoms. The molecule has 3 rings (SSSR count). The summed E-state index contributed by atoms with van der Waals surface area (Å²) in [5.74, 6) is 0.688. The minimum Gasteiger partial charge on any atom is -0.497 e. The van der Waals surface area contributed by atoms with Gasteiger partial charge in [-0.1, -0.05) is 6.07 Å². The van der Waals surface area contributed by atoms with Crippen LogP contribution >= 0.6 is 0 Å². The number of benzene rings is 2. The zero-order valence-corrected chi connectivity index (χ0v) is 13.5. The predicted molar refractivity (Wildman–Crippen MR) is 91.0 cm³/mol. The third kappa shape index (κ3) is 3.21. The summed E-state index contributed by atoms with van der Waals surface area (Å²) in [7, 11) is 1.61. The molecule has 4 heteroatoms. The van der Waals surface area contributed by atoms with E-state index < -0.39 is 0 Å². The normalized spacial score (nSPS) is 10.7. The summed E-state index contributed by atoms with van der Waals surface area (Å²) in [5, 5.41) is 3.92. The number of nitrogens with one attached hydrogen (secondary N) is 1. The average Bonchev–Trinajstić information content (AvgIpc) is 2.90. The SMILES string of the molecule is COc1ccc(NC(=O)Cc2coc3cc(C)cc(C)c23)cc1. The van der Waals surface area contributed by atoms with E-state index in [2.05, 4.69) is 11.4 Å². The lowest BCUT2D eigenvalue weighted by molar-refractivity contribution is -0.115. The Balaban J connectivity index is 1.77. The van der Waals surface area contributed by atoms with Crippen LogP contribution in [0.5, 0.6) is 5.75 Å². The molecular formula is C19H19NO3. The van der Waals surface area contributed by atoms with Crippen molar-refractivity contribution in [3.8, 4) is 5.75 Å². The van der Waals surface area contributed by atoms with Crippen LogP contribution < -0.4 is 10.1 Å². The summed E-state index contributed by atoms with van der Waals surface area (Å²) < 4.78 is 10.7. The number of anilines is 1.